The average Bonchev–Trinajstić information content (AvgIpc) is 3.24. The van der Waals surface area contributed by atoms with Gasteiger partial charge in [0.15, 0.2) is 0 Å². The van der Waals surface area contributed by atoms with Crippen molar-refractivity contribution in [2.75, 3.05) is 0 Å². The van der Waals surface area contributed by atoms with Gasteiger partial charge >= 0.3 is 5.97 Å². The molecule has 5 aromatic rings. The minimum absolute atomic E-state index is 0.320. The molecule has 3 unspecified atom stereocenters. The van der Waals surface area contributed by atoms with Crippen LogP contribution in [0, 0.1) is 0 Å². The molecule has 192 valence electrons. The van der Waals surface area contributed by atoms with Crippen molar-refractivity contribution in [3.8, 4) is 11.1 Å². The zero-order valence-electron chi connectivity index (χ0n) is 21.4. The molecule has 0 fully saturated rings. The zero-order valence-corrected chi connectivity index (χ0v) is 21.4. The summed E-state index contributed by atoms with van der Waals surface area (Å²) in [5, 5.41) is 12.8. The van der Waals surface area contributed by atoms with Crippen molar-refractivity contribution in [3.63, 3.8) is 0 Å². The second-order valence-corrected chi connectivity index (χ2v) is 10.2. The van der Waals surface area contributed by atoms with Crippen molar-refractivity contribution in [1.29, 1.82) is 0 Å². The molecule has 0 aromatic heterocycles. The number of fused-ring (bicyclic) bond motifs is 4. The topological polar surface area (TPSA) is 63.6 Å². The van der Waals surface area contributed by atoms with Gasteiger partial charge in [-0.15, -0.1) is 0 Å². The predicted molar refractivity (Wildman–Crippen MR) is 153 cm³/mol. The molecule has 0 radical (unpaired) electrons. The van der Waals surface area contributed by atoms with Crippen molar-refractivity contribution >= 4 is 23.2 Å². The van der Waals surface area contributed by atoms with Crippen molar-refractivity contribution in [3.05, 3.63) is 144 Å². The van der Waals surface area contributed by atoms with Crippen LogP contribution in [0.3, 0.4) is 0 Å². The van der Waals surface area contributed by atoms with E-state index >= 15 is 0 Å². The summed E-state index contributed by atoms with van der Waals surface area (Å²) in [6.45, 7) is 0.499. The van der Waals surface area contributed by atoms with Gasteiger partial charge in [-0.3, -0.25) is 9.59 Å². The van der Waals surface area contributed by atoms with Crippen LogP contribution in [0.5, 0.6) is 0 Å². The van der Waals surface area contributed by atoms with Gasteiger partial charge in [-0.1, -0.05) is 109 Å². The quantitative estimate of drug-likeness (QED) is 0.206. The lowest BCUT2D eigenvalue weighted by atomic mass is 9.66. The second-order valence-electron chi connectivity index (χ2n) is 10.2. The molecule has 0 saturated carbocycles. The fourth-order valence-corrected chi connectivity index (χ4v) is 6.34. The third-order valence-electron chi connectivity index (χ3n) is 8.11. The summed E-state index contributed by atoms with van der Waals surface area (Å²) in [5.41, 5.74) is 5.23. The highest BCUT2D eigenvalue weighted by Gasteiger charge is 2.48. The van der Waals surface area contributed by atoms with E-state index in [1.165, 1.54) is 0 Å². The highest BCUT2D eigenvalue weighted by Crippen LogP contribution is 2.57. The number of carboxylic acid groups (broad SMARTS) is 1. The minimum atomic E-state index is -0.875. The molecule has 0 heterocycles. The number of hydrogen-bond acceptors (Lipinski definition) is 3. The molecule has 0 bridgehead atoms. The van der Waals surface area contributed by atoms with E-state index in [0.717, 1.165) is 44.2 Å². The Kier molecular flexibility index (Phi) is 6.45. The van der Waals surface area contributed by atoms with Crippen LogP contribution in [-0.2, 0) is 19.7 Å². The fraction of sp³-hybridized carbons (Fsp3) is 0.143. The molecule has 1 aliphatic rings. The summed E-state index contributed by atoms with van der Waals surface area (Å²) in [7, 11) is 0. The van der Waals surface area contributed by atoms with E-state index in [1.54, 1.807) is 0 Å². The fourth-order valence-electron chi connectivity index (χ4n) is 6.34. The second kappa shape index (κ2) is 10.2. The molecule has 39 heavy (non-hydrogen) atoms. The largest absolute Gasteiger partial charge is 0.481 e. The minimum Gasteiger partial charge on any atom is -0.481 e. The van der Waals surface area contributed by atoms with Crippen molar-refractivity contribution in [2.45, 2.75) is 30.3 Å². The Balaban J connectivity index is 1.61. The first-order chi connectivity index (χ1) is 19.1. The van der Waals surface area contributed by atoms with E-state index in [1.807, 2.05) is 84.9 Å². The van der Waals surface area contributed by atoms with Crippen LogP contribution < -0.4 is 0 Å². The van der Waals surface area contributed by atoms with Crippen LogP contribution in [0.2, 0.25) is 0 Å². The van der Waals surface area contributed by atoms with E-state index in [-0.39, 0.29) is 0 Å². The lowest BCUT2D eigenvalue weighted by Crippen LogP contribution is -2.33. The van der Waals surface area contributed by atoms with E-state index in [4.69, 9.17) is 4.74 Å². The smallest absolute Gasteiger partial charge is 0.311 e. The summed E-state index contributed by atoms with van der Waals surface area (Å²) in [5.74, 6) is -1.64. The molecule has 1 aliphatic carbocycles. The zero-order chi connectivity index (χ0) is 26.8. The molecule has 4 heteroatoms. The number of carbonyl (C=O) groups excluding carboxylic acids is 1. The third kappa shape index (κ3) is 4.38. The lowest BCUT2D eigenvalue weighted by Gasteiger charge is -2.37. The van der Waals surface area contributed by atoms with Crippen LogP contribution in [0.15, 0.2) is 121 Å². The van der Waals surface area contributed by atoms with Gasteiger partial charge < -0.3 is 9.84 Å². The van der Waals surface area contributed by atoms with Crippen LogP contribution in [-0.4, -0.2) is 17.5 Å². The van der Waals surface area contributed by atoms with Gasteiger partial charge in [-0.2, -0.15) is 0 Å². The summed E-state index contributed by atoms with van der Waals surface area (Å²) >= 11 is 0. The Morgan fingerprint density at radius 2 is 1.28 bits per heavy atom. The van der Waals surface area contributed by atoms with E-state index < -0.39 is 23.4 Å². The monoisotopic (exact) mass is 512 g/mol. The first-order valence-electron chi connectivity index (χ1n) is 13.2. The average molecular weight is 513 g/mol. The van der Waals surface area contributed by atoms with Gasteiger partial charge in [0.05, 0.1) is 5.92 Å². The maximum atomic E-state index is 12.9. The van der Waals surface area contributed by atoms with Gasteiger partial charge in [-0.25, -0.2) is 0 Å². The Hall–Kier alpha value is -4.70. The first-order valence-corrected chi connectivity index (χ1v) is 13.2. The summed E-state index contributed by atoms with van der Waals surface area (Å²) < 4.78 is 5.75. The van der Waals surface area contributed by atoms with Gasteiger partial charge in [0, 0.05) is 11.8 Å². The highest BCUT2D eigenvalue weighted by molar-refractivity contribution is 5.94. The molecular formula is C35H28O4. The summed E-state index contributed by atoms with van der Waals surface area (Å²) in [6.07, 6.45) is 0.175. The molecular weight excluding hydrogens is 484 g/mol. The van der Waals surface area contributed by atoms with Crippen molar-refractivity contribution < 1.29 is 19.4 Å². The van der Waals surface area contributed by atoms with Crippen LogP contribution in [0.25, 0.3) is 21.9 Å². The number of carboxylic acids is 1. The molecule has 0 saturated heterocycles. The Morgan fingerprint density at radius 1 is 0.692 bits per heavy atom. The van der Waals surface area contributed by atoms with Crippen LogP contribution in [0.1, 0.15) is 47.1 Å². The van der Waals surface area contributed by atoms with Crippen LogP contribution >= 0.6 is 0 Å². The SMILES string of the molecule is O=COC(CC1(CC(C(=O)O)c2ccccc2)c2ccccc2-c2cc3ccccc3cc21)c1ccccc1. The number of carbonyl (C=O) groups is 2. The standard InChI is InChI=1S/C35H28O4/c36-23-39-33(25-13-5-2-6-14-25)22-35(21-30(34(37)38)24-11-3-1-4-12-24)31-18-10-9-17-28(31)29-19-26-15-7-8-16-27(26)20-32(29)35/h1-20,23,30,33H,21-22H2,(H,37,38). The number of benzene rings is 5. The van der Waals surface area contributed by atoms with Crippen molar-refractivity contribution in [1.82, 2.24) is 0 Å². The number of ether oxygens (including phenoxy) is 1. The molecule has 5 aromatic carbocycles. The van der Waals surface area contributed by atoms with Crippen molar-refractivity contribution in [2.24, 2.45) is 0 Å². The number of rotatable bonds is 9. The third-order valence-corrected chi connectivity index (χ3v) is 8.11. The first kappa shape index (κ1) is 24.6. The van der Waals surface area contributed by atoms with E-state index in [2.05, 4.69) is 36.4 Å². The summed E-state index contributed by atoms with van der Waals surface area (Å²) in [6, 6.07) is 40.0. The van der Waals surface area contributed by atoms with Gasteiger partial charge in [-0.05, 0) is 62.7 Å². The Morgan fingerprint density at radius 3 is 1.95 bits per heavy atom. The molecule has 6 rings (SSSR count). The Bertz CT molecular complexity index is 1640. The summed E-state index contributed by atoms with van der Waals surface area (Å²) in [4.78, 5) is 24.6. The molecule has 0 aliphatic heterocycles. The predicted octanol–water partition coefficient (Wildman–Crippen LogP) is 7.67. The van der Waals surface area contributed by atoms with E-state index in [9.17, 15) is 14.7 Å². The van der Waals surface area contributed by atoms with E-state index in [0.29, 0.717) is 19.3 Å². The highest BCUT2D eigenvalue weighted by atomic mass is 16.5. The molecule has 0 amide bonds. The molecule has 1 N–H and O–H groups in total. The maximum absolute atomic E-state index is 12.9. The maximum Gasteiger partial charge on any atom is 0.311 e. The Labute approximate surface area is 227 Å². The number of hydrogen-bond donors (Lipinski definition) is 1. The molecule has 0 spiro atoms. The van der Waals surface area contributed by atoms with Gasteiger partial charge in [0.2, 0.25) is 0 Å². The van der Waals surface area contributed by atoms with Crippen LogP contribution in [0.4, 0.5) is 0 Å². The van der Waals surface area contributed by atoms with Gasteiger partial charge in [0.25, 0.3) is 6.47 Å². The normalized spacial score (nSPS) is 17.1. The lowest BCUT2D eigenvalue weighted by molar-refractivity contribution is -0.140. The molecule has 4 nitrogen and oxygen atoms in total. The molecule has 3 atom stereocenters. The number of aliphatic carboxylic acids is 1. The van der Waals surface area contributed by atoms with Gasteiger partial charge in [0.1, 0.15) is 6.10 Å².